The number of halogens is 4. The lowest BCUT2D eigenvalue weighted by Gasteiger charge is -2.36. The summed E-state index contributed by atoms with van der Waals surface area (Å²) in [6, 6.07) is 8.26. The Balaban J connectivity index is 1.05. The second-order valence-corrected chi connectivity index (χ2v) is 9.99. The van der Waals surface area contributed by atoms with Crippen LogP contribution in [0.3, 0.4) is 0 Å². The van der Waals surface area contributed by atoms with Crippen LogP contribution in [0.1, 0.15) is 19.3 Å². The molecule has 2 aromatic rings. The van der Waals surface area contributed by atoms with Crippen molar-refractivity contribution in [2.75, 3.05) is 49.5 Å². The van der Waals surface area contributed by atoms with Gasteiger partial charge in [-0.3, -0.25) is 10.1 Å². The fourth-order valence-corrected chi connectivity index (χ4v) is 5.04. The first-order valence-electron chi connectivity index (χ1n) is 12.6. The fraction of sp³-hybridized carbons (Fsp3) is 0.440. The lowest BCUT2D eigenvalue weighted by atomic mass is 9.87. The van der Waals surface area contributed by atoms with Crippen molar-refractivity contribution in [1.82, 2.24) is 14.9 Å². The Morgan fingerprint density at radius 1 is 1.02 bits per heavy atom. The topological polar surface area (TPSA) is 109 Å². The second kappa shape index (κ2) is 11.4. The maximum atomic E-state index is 13.1. The number of nitrogens with zero attached hydrogens (tertiary/aromatic N) is 5. The number of pyridine rings is 1. The SMILES string of the molecule is O=C(Nc1ccc(OC(F)(F)F)cc1)ON1CCC2(CC1)CC(C(=O)N1CCN(c3ncccc3Cl)CC1)=NO2. The minimum atomic E-state index is -4.80. The van der Waals surface area contributed by atoms with Crippen molar-refractivity contribution >= 4 is 40.8 Å². The van der Waals surface area contributed by atoms with Gasteiger partial charge >= 0.3 is 12.5 Å². The largest absolute Gasteiger partial charge is 0.573 e. The van der Waals surface area contributed by atoms with E-state index >= 15 is 0 Å². The van der Waals surface area contributed by atoms with Crippen molar-refractivity contribution in [3.05, 3.63) is 47.6 Å². The van der Waals surface area contributed by atoms with E-state index in [1.54, 1.807) is 23.2 Å². The number of benzene rings is 1. The molecule has 1 spiro atoms. The average Bonchev–Trinajstić information content (AvgIpc) is 3.34. The molecule has 15 heteroatoms. The number of carbonyl (C=O) groups is 2. The van der Waals surface area contributed by atoms with Gasteiger partial charge in [0.05, 0.1) is 5.02 Å². The summed E-state index contributed by atoms with van der Waals surface area (Å²) in [5.74, 6) is 0.141. The molecule has 1 aromatic carbocycles. The fourth-order valence-electron chi connectivity index (χ4n) is 4.80. The molecular formula is C25H26ClF3N6O5. The van der Waals surface area contributed by atoms with Crippen LogP contribution >= 0.6 is 11.6 Å². The number of nitrogens with one attached hydrogen (secondary N) is 1. The van der Waals surface area contributed by atoms with Crippen molar-refractivity contribution in [1.29, 1.82) is 0 Å². The highest BCUT2D eigenvalue weighted by atomic mass is 35.5. The summed E-state index contributed by atoms with van der Waals surface area (Å²) >= 11 is 6.25. The van der Waals surface area contributed by atoms with Crippen LogP contribution in [0.25, 0.3) is 0 Å². The number of hydroxylamine groups is 2. The van der Waals surface area contributed by atoms with E-state index in [1.807, 2.05) is 4.90 Å². The molecule has 4 heterocycles. The van der Waals surface area contributed by atoms with Gasteiger partial charge in [-0.05, 0) is 36.4 Å². The normalized spacial score (nSPS) is 19.1. The monoisotopic (exact) mass is 582 g/mol. The molecule has 0 aliphatic carbocycles. The molecule has 0 saturated carbocycles. The standard InChI is InChI=1S/C25H26ClF3N6O5/c26-19-2-1-9-30-21(19)33-12-14-34(15-13-33)22(36)20-16-24(40-32-20)7-10-35(11-8-24)39-23(37)31-17-3-5-18(6-4-17)38-25(27,28)29/h1-6,9H,7-8,10-16H2,(H,31,37). The zero-order valence-electron chi connectivity index (χ0n) is 21.2. The highest BCUT2D eigenvalue weighted by molar-refractivity contribution is 6.39. The van der Waals surface area contributed by atoms with E-state index in [0.717, 1.165) is 12.1 Å². The van der Waals surface area contributed by atoms with Crippen LogP contribution in [-0.4, -0.2) is 83.9 Å². The minimum Gasteiger partial charge on any atom is -0.406 e. The molecule has 5 rings (SSSR count). The first-order chi connectivity index (χ1) is 19.1. The summed E-state index contributed by atoms with van der Waals surface area (Å²) < 4.78 is 40.7. The van der Waals surface area contributed by atoms with Gasteiger partial charge in [0, 0.05) is 70.4 Å². The Morgan fingerprint density at radius 3 is 2.38 bits per heavy atom. The van der Waals surface area contributed by atoms with Gasteiger partial charge in [0.15, 0.2) is 0 Å². The summed E-state index contributed by atoms with van der Waals surface area (Å²) in [5, 5.41) is 8.60. The highest BCUT2D eigenvalue weighted by Crippen LogP contribution is 2.35. The molecule has 3 aliphatic heterocycles. The maximum Gasteiger partial charge on any atom is 0.573 e. The summed E-state index contributed by atoms with van der Waals surface area (Å²) in [6.45, 7) is 2.92. The van der Waals surface area contributed by atoms with Gasteiger partial charge < -0.3 is 24.2 Å². The number of piperidine rings is 1. The van der Waals surface area contributed by atoms with Crippen molar-refractivity contribution in [3.8, 4) is 5.75 Å². The van der Waals surface area contributed by atoms with Gasteiger partial charge in [-0.2, -0.15) is 0 Å². The number of hydrogen-bond donors (Lipinski definition) is 1. The van der Waals surface area contributed by atoms with E-state index in [4.69, 9.17) is 21.3 Å². The summed E-state index contributed by atoms with van der Waals surface area (Å²) in [5.41, 5.74) is -0.0269. The number of ether oxygens (including phenoxy) is 1. The highest BCUT2D eigenvalue weighted by Gasteiger charge is 2.45. The van der Waals surface area contributed by atoms with E-state index < -0.39 is 23.8 Å². The molecule has 1 N–H and O–H groups in total. The molecule has 2 saturated heterocycles. The van der Waals surface area contributed by atoms with Crippen molar-refractivity contribution in [3.63, 3.8) is 0 Å². The third kappa shape index (κ3) is 6.67. The van der Waals surface area contributed by atoms with Gasteiger partial charge in [0.25, 0.3) is 5.91 Å². The minimum absolute atomic E-state index is 0.159. The van der Waals surface area contributed by atoms with E-state index in [0.29, 0.717) is 75.1 Å². The number of aromatic nitrogens is 1. The first-order valence-corrected chi connectivity index (χ1v) is 13.0. The third-order valence-electron chi connectivity index (χ3n) is 6.87. The molecule has 0 bridgehead atoms. The van der Waals surface area contributed by atoms with Crippen LogP contribution in [0.15, 0.2) is 47.8 Å². The number of alkyl halides is 3. The van der Waals surface area contributed by atoms with Crippen LogP contribution in [0.2, 0.25) is 5.02 Å². The molecule has 3 aliphatic rings. The van der Waals surface area contributed by atoms with E-state index in [2.05, 4.69) is 20.2 Å². The zero-order valence-corrected chi connectivity index (χ0v) is 22.0. The molecule has 0 unspecified atom stereocenters. The molecule has 11 nitrogen and oxygen atoms in total. The number of hydrogen-bond acceptors (Lipinski definition) is 9. The van der Waals surface area contributed by atoms with E-state index in [1.165, 1.54) is 17.2 Å². The molecule has 2 fully saturated rings. The Labute approximate surface area is 232 Å². The molecule has 2 amide bonds. The van der Waals surface area contributed by atoms with E-state index in [-0.39, 0.29) is 11.6 Å². The van der Waals surface area contributed by atoms with Gasteiger partial charge in [-0.25, -0.2) is 9.78 Å². The van der Waals surface area contributed by atoms with Gasteiger partial charge in [0.1, 0.15) is 22.9 Å². The summed E-state index contributed by atoms with van der Waals surface area (Å²) in [7, 11) is 0. The predicted molar refractivity (Wildman–Crippen MR) is 138 cm³/mol. The van der Waals surface area contributed by atoms with E-state index in [9.17, 15) is 22.8 Å². The first kappa shape index (κ1) is 27.8. The van der Waals surface area contributed by atoms with Gasteiger partial charge in [-0.15, -0.1) is 18.2 Å². The van der Waals surface area contributed by atoms with Crippen molar-refractivity contribution < 1.29 is 37.2 Å². The number of oxime groups is 1. The second-order valence-electron chi connectivity index (χ2n) is 9.58. The molecule has 40 heavy (non-hydrogen) atoms. The number of piperazine rings is 1. The van der Waals surface area contributed by atoms with Crippen LogP contribution in [0.5, 0.6) is 5.75 Å². The smallest absolute Gasteiger partial charge is 0.406 e. The Hall–Kier alpha value is -3.78. The number of carbonyl (C=O) groups excluding carboxylic acids is 2. The van der Waals surface area contributed by atoms with Gasteiger partial charge in [0.2, 0.25) is 0 Å². The average molecular weight is 583 g/mol. The Kier molecular flexibility index (Phi) is 7.90. The Bertz CT molecular complexity index is 1260. The van der Waals surface area contributed by atoms with Crippen LogP contribution in [-0.2, 0) is 14.5 Å². The molecular weight excluding hydrogens is 557 g/mol. The quantitative estimate of drug-likeness (QED) is 0.562. The van der Waals surface area contributed by atoms with Gasteiger partial charge in [-0.1, -0.05) is 16.8 Å². The molecule has 214 valence electrons. The maximum absolute atomic E-state index is 13.1. The zero-order chi connectivity index (χ0) is 28.3. The van der Waals surface area contributed by atoms with Crippen molar-refractivity contribution in [2.45, 2.75) is 31.2 Å². The molecule has 0 radical (unpaired) electrons. The number of anilines is 2. The molecule has 0 atom stereocenters. The lowest BCUT2D eigenvalue weighted by Crippen LogP contribution is -2.51. The van der Waals surface area contributed by atoms with Crippen LogP contribution < -0.4 is 15.0 Å². The predicted octanol–water partition coefficient (Wildman–Crippen LogP) is 4.06. The summed E-state index contributed by atoms with van der Waals surface area (Å²) in [4.78, 5) is 44.5. The third-order valence-corrected chi connectivity index (χ3v) is 7.17. The number of rotatable bonds is 5. The number of amides is 2. The lowest BCUT2D eigenvalue weighted by molar-refractivity contribution is -0.274. The van der Waals surface area contributed by atoms with Crippen LogP contribution in [0, 0.1) is 0 Å². The van der Waals surface area contributed by atoms with Crippen LogP contribution in [0.4, 0.5) is 29.5 Å². The summed E-state index contributed by atoms with van der Waals surface area (Å²) in [6.07, 6.45) is -2.57. The Morgan fingerprint density at radius 2 is 1.73 bits per heavy atom. The van der Waals surface area contributed by atoms with Crippen molar-refractivity contribution in [2.24, 2.45) is 5.16 Å². The molecule has 1 aromatic heterocycles.